The fraction of sp³-hybridized carbons (Fsp3) is 0.429. The van der Waals surface area contributed by atoms with Crippen LogP contribution in [0.1, 0.15) is 47.5 Å². The molecule has 2 aromatic rings. The number of esters is 1. The first-order valence-corrected chi connectivity index (χ1v) is 10.3. The Morgan fingerprint density at radius 1 is 1.28 bits per heavy atom. The summed E-state index contributed by atoms with van der Waals surface area (Å²) in [6, 6.07) is 8.12. The molecule has 1 aromatic heterocycles. The normalized spacial score (nSPS) is 15.4. The highest BCUT2D eigenvalue weighted by molar-refractivity contribution is 7.17. The number of benzene rings is 1. The molecular formula is C21H22FN3O3S. The highest BCUT2D eigenvalue weighted by Crippen LogP contribution is 2.33. The molecule has 1 amide bonds. The lowest BCUT2D eigenvalue weighted by atomic mass is 9.81. The van der Waals surface area contributed by atoms with Gasteiger partial charge >= 0.3 is 5.97 Å². The minimum atomic E-state index is -0.822. The number of aromatic nitrogens is 1. The molecule has 6 nitrogen and oxygen atoms in total. The second-order valence-electron chi connectivity index (χ2n) is 7.17. The molecule has 0 atom stereocenters. The highest BCUT2D eigenvalue weighted by atomic mass is 32.1. The van der Waals surface area contributed by atoms with Gasteiger partial charge in [-0.1, -0.05) is 19.3 Å². The third-order valence-corrected chi connectivity index (χ3v) is 6.49. The van der Waals surface area contributed by atoms with E-state index in [9.17, 15) is 19.2 Å². The van der Waals surface area contributed by atoms with Gasteiger partial charge in [0, 0.05) is 12.6 Å². The summed E-state index contributed by atoms with van der Waals surface area (Å²) in [5.41, 5.74) is 0.362. The molecule has 0 unspecified atom stereocenters. The van der Waals surface area contributed by atoms with Crippen LogP contribution in [-0.4, -0.2) is 41.0 Å². The molecule has 1 aliphatic carbocycles. The SMILES string of the molecule is Cc1nc(-c2ccc(F)cc2)sc1C(=O)OCC(=O)N(C)C1(C#N)CCCCC1. The van der Waals surface area contributed by atoms with Crippen molar-refractivity contribution in [2.24, 2.45) is 0 Å². The van der Waals surface area contributed by atoms with Gasteiger partial charge in [-0.2, -0.15) is 5.26 Å². The second-order valence-corrected chi connectivity index (χ2v) is 8.17. The van der Waals surface area contributed by atoms with E-state index in [1.165, 1.54) is 17.0 Å². The summed E-state index contributed by atoms with van der Waals surface area (Å²) < 4.78 is 18.3. The zero-order valence-corrected chi connectivity index (χ0v) is 17.2. The molecule has 1 aliphatic rings. The van der Waals surface area contributed by atoms with Crippen molar-refractivity contribution in [2.75, 3.05) is 13.7 Å². The molecule has 152 valence electrons. The molecule has 1 heterocycles. The molecule has 1 fully saturated rings. The average Bonchev–Trinajstić information content (AvgIpc) is 3.13. The highest BCUT2D eigenvalue weighted by Gasteiger charge is 2.39. The Morgan fingerprint density at radius 3 is 2.55 bits per heavy atom. The van der Waals surface area contributed by atoms with Crippen molar-refractivity contribution in [1.82, 2.24) is 9.88 Å². The van der Waals surface area contributed by atoms with Gasteiger partial charge in [0.25, 0.3) is 5.91 Å². The van der Waals surface area contributed by atoms with Gasteiger partial charge in [-0.3, -0.25) is 4.79 Å². The maximum atomic E-state index is 13.1. The van der Waals surface area contributed by atoms with Gasteiger partial charge in [-0.05, 0) is 44.0 Å². The number of nitrogens with zero attached hydrogens (tertiary/aromatic N) is 3. The van der Waals surface area contributed by atoms with Crippen molar-refractivity contribution < 1.29 is 18.7 Å². The Balaban J connectivity index is 1.65. The molecule has 29 heavy (non-hydrogen) atoms. The smallest absolute Gasteiger partial charge is 0.350 e. The fourth-order valence-corrected chi connectivity index (χ4v) is 4.45. The average molecular weight is 415 g/mol. The van der Waals surface area contributed by atoms with Gasteiger partial charge in [0.1, 0.15) is 21.2 Å². The molecular weight excluding hydrogens is 393 g/mol. The molecule has 1 aromatic carbocycles. The first kappa shape index (κ1) is 20.9. The van der Waals surface area contributed by atoms with E-state index in [-0.39, 0.29) is 5.82 Å². The van der Waals surface area contributed by atoms with E-state index in [0.29, 0.717) is 34.0 Å². The Labute approximate surface area is 172 Å². The molecule has 0 bridgehead atoms. The number of thiazole rings is 1. The van der Waals surface area contributed by atoms with Crippen molar-refractivity contribution in [2.45, 2.75) is 44.6 Å². The zero-order chi connectivity index (χ0) is 21.0. The van der Waals surface area contributed by atoms with Crippen LogP contribution in [0.5, 0.6) is 0 Å². The van der Waals surface area contributed by atoms with Crippen LogP contribution in [-0.2, 0) is 9.53 Å². The van der Waals surface area contributed by atoms with E-state index in [2.05, 4.69) is 11.1 Å². The number of aryl methyl sites for hydroxylation is 1. The quantitative estimate of drug-likeness (QED) is 0.687. The minimum Gasteiger partial charge on any atom is -0.451 e. The number of nitriles is 1. The molecule has 0 spiro atoms. The topological polar surface area (TPSA) is 83.3 Å². The Morgan fingerprint density at radius 2 is 1.93 bits per heavy atom. The summed E-state index contributed by atoms with van der Waals surface area (Å²) >= 11 is 1.13. The number of carbonyl (C=O) groups is 2. The molecule has 1 saturated carbocycles. The van der Waals surface area contributed by atoms with Crippen LogP contribution in [0.25, 0.3) is 10.6 Å². The van der Waals surface area contributed by atoms with Crippen molar-refractivity contribution in [3.63, 3.8) is 0 Å². The number of carbonyl (C=O) groups excluding carboxylic acids is 2. The summed E-state index contributed by atoms with van der Waals surface area (Å²) in [5.74, 6) is -1.38. The van der Waals surface area contributed by atoms with Crippen molar-refractivity contribution in [1.29, 1.82) is 5.26 Å². The first-order chi connectivity index (χ1) is 13.9. The van der Waals surface area contributed by atoms with Crippen molar-refractivity contribution >= 4 is 23.2 Å². The van der Waals surface area contributed by atoms with E-state index in [0.717, 1.165) is 30.6 Å². The van der Waals surface area contributed by atoms with E-state index in [1.807, 2.05) is 0 Å². The lowest BCUT2D eigenvalue weighted by molar-refractivity contribution is -0.138. The second kappa shape index (κ2) is 8.70. The summed E-state index contributed by atoms with van der Waals surface area (Å²) in [5, 5.41) is 10.2. The molecule has 8 heteroatoms. The maximum Gasteiger partial charge on any atom is 0.350 e. The third-order valence-electron chi connectivity index (χ3n) is 5.30. The van der Waals surface area contributed by atoms with Crippen LogP contribution in [0.15, 0.2) is 24.3 Å². The molecule has 0 aliphatic heterocycles. The van der Waals surface area contributed by atoms with Crippen LogP contribution >= 0.6 is 11.3 Å². The van der Waals surface area contributed by atoms with E-state index < -0.39 is 24.0 Å². The summed E-state index contributed by atoms with van der Waals surface area (Å²) in [6.45, 7) is 1.25. The summed E-state index contributed by atoms with van der Waals surface area (Å²) in [7, 11) is 1.59. The van der Waals surface area contributed by atoms with Gasteiger partial charge in [-0.25, -0.2) is 14.2 Å². The predicted molar refractivity (Wildman–Crippen MR) is 107 cm³/mol. The summed E-state index contributed by atoms with van der Waals surface area (Å²) in [6.07, 6.45) is 4.12. The number of amides is 1. The summed E-state index contributed by atoms with van der Waals surface area (Å²) in [4.78, 5) is 31.1. The Hall–Kier alpha value is -2.79. The van der Waals surface area contributed by atoms with Crippen LogP contribution < -0.4 is 0 Å². The van der Waals surface area contributed by atoms with E-state index in [1.54, 1.807) is 26.1 Å². The van der Waals surface area contributed by atoms with Crippen LogP contribution in [0, 0.1) is 24.1 Å². The minimum absolute atomic E-state index is 0.299. The number of hydrogen-bond donors (Lipinski definition) is 0. The maximum absolute atomic E-state index is 13.1. The molecule has 0 radical (unpaired) electrons. The van der Waals surface area contributed by atoms with Gasteiger partial charge in [0.15, 0.2) is 6.61 Å². The van der Waals surface area contributed by atoms with E-state index in [4.69, 9.17) is 4.74 Å². The Kier molecular flexibility index (Phi) is 6.28. The van der Waals surface area contributed by atoms with Gasteiger partial charge in [0.05, 0.1) is 11.8 Å². The zero-order valence-electron chi connectivity index (χ0n) is 16.4. The van der Waals surface area contributed by atoms with Gasteiger partial charge in [-0.15, -0.1) is 11.3 Å². The number of ether oxygens (including phenoxy) is 1. The Bertz CT molecular complexity index is 943. The van der Waals surface area contributed by atoms with Crippen LogP contribution in [0.4, 0.5) is 4.39 Å². The van der Waals surface area contributed by atoms with Gasteiger partial charge in [0.2, 0.25) is 0 Å². The number of likely N-dealkylation sites (N-methyl/N-ethyl adjacent to an activating group) is 1. The lowest BCUT2D eigenvalue weighted by Crippen LogP contribution is -2.51. The molecule has 0 saturated heterocycles. The van der Waals surface area contributed by atoms with E-state index >= 15 is 0 Å². The first-order valence-electron chi connectivity index (χ1n) is 9.45. The molecule has 3 rings (SSSR count). The van der Waals surface area contributed by atoms with Crippen LogP contribution in [0.2, 0.25) is 0 Å². The fourth-order valence-electron chi connectivity index (χ4n) is 3.49. The monoisotopic (exact) mass is 415 g/mol. The lowest BCUT2D eigenvalue weighted by Gasteiger charge is -2.38. The number of hydrogen-bond acceptors (Lipinski definition) is 6. The third kappa shape index (κ3) is 4.46. The number of rotatable bonds is 5. The van der Waals surface area contributed by atoms with Crippen LogP contribution in [0.3, 0.4) is 0 Å². The number of halogens is 1. The van der Waals surface area contributed by atoms with Crippen molar-refractivity contribution in [3.8, 4) is 16.6 Å². The molecule has 0 N–H and O–H groups in total. The van der Waals surface area contributed by atoms with Gasteiger partial charge < -0.3 is 9.64 Å². The van der Waals surface area contributed by atoms with Crippen molar-refractivity contribution in [3.05, 3.63) is 40.7 Å². The largest absolute Gasteiger partial charge is 0.451 e. The standard InChI is InChI=1S/C21H22FN3O3S/c1-14-18(29-19(24-14)15-6-8-16(22)9-7-15)20(27)28-12-17(26)25(2)21(13-23)10-4-3-5-11-21/h6-9H,3-5,10-12H2,1-2H3. The predicted octanol–water partition coefficient (Wildman–Crippen LogP) is 4.10.